The number of rotatable bonds is 9. The zero-order valence-electron chi connectivity index (χ0n) is 18.6. The Morgan fingerprint density at radius 1 is 0.871 bits per heavy atom. The molecule has 0 unspecified atom stereocenters. The van der Waals surface area contributed by atoms with Crippen LogP contribution in [0.3, 0.4) is 0 Å². The number of fused-ring (bicyclic) bond motifs is 1. The Balaban J connectivity index is 1.59. The lowest BCUT2D eigenvalue weighted by atomic mass is 10.1. The van der Waals surface area contributed by atoms with Crippen LogP contribution in [-0.2, 0) is 0 Å². The first kappa shape index (κ1) is 21.4. The third-order valence-electron chi connectivity index (χ3n) is 5.72. The smallest absolute Gasteiger partial charge is 0.130 e. The monoisotopic (exact) mass is 420 g/mol. The van der Waals surface area contributed by atoms with Gasteiger partial charge in [0.15, 0.2) is 0 Å². The van der Waals surface area contributed by atoms with E-state index in [2.05, 4.69) is 24.0 Å². The first-order valence-electron chi connectivity index (χ1n) is 11.3. The highest BCUT2D eigenvalue weighted by Crippen LogP contribution is 2.32. The van der Waals surface area contributed by atoms with Gasteiger partial charge in [-0.2, -0.15) is 0 Å². The van der Waals surface area contributed by atoms with E-state index in [0.717, 1.165) is 59.0 Å². The van der Waals surface area contributed by atoms with Crippen molar-refractivity contribution in [1.29, 1.82) is 0 Å². The second kappa shape index (κ2) is 10.5. The molecule has 2 aromatic carbocycles. The number of aromatic nitrogens is 1. The fourth-order valence-electron chi connectivity index (χ4n) is 3.98. The van der Waals surface area contributed by atoms with Crippen molar-refractivity contribution in [2.45, 2.75) is 32.6 Å². The molecule has 31 heavy (non-hydrogen) atoms. The van der Waals surface area contributed by atoms with Crippen molar-refractivity contribution in [2.75, 3.05) is 40.0 Å². The molecule has 0 bridgehead atoms. The maximum absolute atomic E-state index is 6.29. The first-order valence-corrected chi connectivity index (χ1v) is 11.3. The number of benzene rings is 2. The summed E-state index contributed by atoms with van der Waals surface area (Å²) in [7, 11) is 1.68. The average Bonchev–Trinajstić information content (AvgIpc) is 2.83. The fourth-order valence-corrected chi connectivity index (χ4v) is 3.98. The molecular weight excluding hydrogens is 388 g/mol. The van der Waals surface area contributed by atoms with Crippen molar-refractivity contribution in [3.05, 3.63) is 48.5 Å². The number of likely N-dealkylation sites (tertiary alicyclic amines) is 1. The van der Waals surface area contributed by atoms with Gasteiger partial charge >= 0.3 is 0 Å². The van der Waals surface area contributed by atoms with Gasteiger partial charge in [0.1, 0.15) is 23.9 Å². The van der Waals surface area contributed by atoms with Gasteiger partial charge in [-0.15, -0.1) is 0 Å². The predicted octanol–water partition coefficient (Wildman–Crippen LogP) is 5.56. The molecule has 1 aliphatic heterocycles. The normalized spacial score (nSPS) is 14.5. The molecule has 1 saturated heterocycles. The number of hydrogen-bond donors (Lipinski definition) is 0. The van der Waals surface area contributed by atoms with Crippen LogP contribution >= 0.6 is 0 Å². The summed E-state index contributed by atoms with van der Waals surface area (Å²) < 4.78 is 17.4. The molecule has 0 N–H and O–H groups in total. The van der Waals surface area contributed by atoms with Crippen molar-refractivity contribution < 1.29 is 14.2 Å². The molecule has 0 atom stereocenters. The van der Waals surface area contributed by atoms with Crippen LogP contribution in [0.1, 0.15) is 32.6 Å². The number of methoxy groups -OCH3 is 1. The van der Waals surface area contributed by atoms with E-state index in [1.807, 2.05) is 36.4 Å². The number of pyridine rings is 1. The Kier molecular flexibility index (Phi) is 7.26. The van der Waals surface area contributed by atoms with Crippen LogP contribution in [0.2, 0.25) is 0 Å². The van der Waals surface area contributed by atoms with Crippen LogP contribution in [0, 0.1) is 0 Å². The highest BCUT2D eigenvalue weighted by atomic mass is 16.5. The molecule has 2 heterocycles. The minimum Gasteiger partial charge on any atom is -0.497 e. The van der Waals surface area contributed by atoms with Crippen molar-refractivity contribution in [3.8, 4) is 28.5 Å². The molecular formula is C26H32N2O3. The highest BCUT2D eigenvalue weighted by molar-refractivity contribution is 5.89. The van der Waals surface area contributed by atoms with Crippen molar-refractivity contribution in [2.24, 2.45) is 0 Å². The summed E-state index contributed by atoms with van der Waals surface area (Å²) >= 11 is 0. The maximum Gasteiger partial charge on any atom is 0.130 e. The van der Waals surface area contributed by atoms with E-state index >= 15 is 0 Å². The van der Waals surface area contributed by atoms with Crippen molar-refractivity contribution >= 4 is 10.9 Å². The van der Waals surface area contributed by atoms with E-state index in [1.165, 1.54) is 32.4 Å². The third kappa shape index (κ3) is 5.47. The molecule has 0 amide bonds. The second-order valence-corrected chi connectivity index (χ2v) is 8.01. The molecule has 0 spiro atoms. The number of nitrogens with zero attached hydrogens (tertiary/aromatic N) is 2. The van der Waals surface area contributed by atoms with Gasteiger partial charge in [0.25, 0.3) is 0 Å². The van der Waals surface area contributed by atoms with E-state index in [9.17, 15) is 0 Å². The van der Waals surface area contributed by atoms with E-state index in [-0.39, 0.29) is 0 Å². The highest BCUT2D eigenvalue weighted by Gasteiger charge is 2.13. The zero-order valence-corrected chi connectivity index (χ0v) is 18.6. The molecule has 1 aliphatic rings. The maximum atomic E-state index is 6.29. The average molecular weight is 421 g/mol. The fraction of sp³-hybridized carbons (Fsp3) is 0.423. The van der Waals surface area contributed by atoms with Gasteiger partial charge in [-0.3, -0.25) is 4.90 Å². The van der Waals surface area contributed by atoms with Crippen LogP contribution in [0.5, 0.6) is 17.2 Å². The number of ether oxygens (including phenoxy) is 3. The lowest BCUT2D eigenvalue weighted by molar-refractivity contribution is 0.184. The number of hydrogen-bond acceptors (Lipinski definition) is 5. The summed E-state index contributed by atoms with van der Waals surface area (Å²) in [5.41, 5.74) is 2.79. The van der Waals surface area contributed by atoms with Gasteiger partial charge in [-0.25, -0.2) is 4.98 Å². The lowest BCUT2D eigenvalue weighted by Crippen LogP contribution is -2.33. The molecule has 5 heteroatoms. The standard InChI is InChI=1S/C26H32N2O3/c1-3-16-30-21-9-7-20(8-10-21)24-19-26(31-17-15-28-13-5-4-6-14-28)23-12-11-22(29-2)18-25(23)27-24/h7-12,18-19H,3-6,13-17H2,1-2H3. The molecule has 4 rings (SSSR count). The van der Waals surface area contributed by atoms with Crippen LogP contribution in [0.4, 0.5) is 0 Å². The third-order valence-corrected chi connectivity index (χ3v) is 5.72. The second-order valence-electron chi connectivity index (χ2n) is 8.01. The van der Waals surface area contributed by atoms with Crippen LogP contribution < -0.4 is 14.2 Å². The van der Waals surface area contributed by atoms with Crippen LogP contribution in [0.25, 0.3) is 22.2 Å². The van der Waals surface area contributed by atoms with Crippen molar-refractivity contribution in [3.63, 3.8) is 0 Å². The zero-order chi connectivity index (χ0) is 21.5. The Bertz CT molecular complexity index is 982. The summed E-state index contributed by atoms with van der Waals surface area (Å²) in [6.07, 6.45) is 4.92. The largest absolute Gasteiger partial charge is 0.497 e. The Morgan fingerprint density at radius 2 is 1.65 bits per heavy atom. The van der Waals surface area contributed by atoms with Gasteiger partial charge in [-0.1, -0.05) is 13.3 Å². The van der Waals surface area contributed by atoms with Crippen LogP contribution in [0.15, 0.2) is 48.5 Å². The predicted molar refractivity (Wildman–Crippen MR) is 125 cm³/mol. The van der Waals surface area contributed by atoms with Gasteiger partial charge < -0.3 is 14.2 Å². The van der Waals surface area contributed by atoms with Gasteiger partial charge in [0, 0.05) is 29.6 Å². The quantitative estimate of drug-likeness (QED) is 0.453. The summed E-state index contributed by atoms with van der Waals surface area (Å²) in [4.78, 5) is 7.39. The summed E-state index contributed by atoms with van der Waals surface area (Å²) in [5.74, 6) is 2.54. The molecule has 0 radical (unpaired) electrons. The molecule has 0 saturated carbocycles. The van der Waals surface area contributed by atoms with E-state index in [1.54, 1.807) is 7.11 Å². The lowest BCUT2D eigenvalue weighted by Gasteiger charge is -2.26. The number of piperidine rings is 1. The van der Waals surface area contributed by atoms with Gasteiger partial charge in [0.05, 0.1) is 24.9 Å². The minimum absolute atomic E-state index is 0.675. The molecule has 0 aliphatic carbocycles. The summed E-state index contributed by atoms with van der Waals surface area (Å²) in [6.45, 7) is 6.81. The SMILES string of the molecule is CCCOc1ccc(-c2cc(OCCN3CCCCC3)c3ccc(OC)cc3n2)cc1. The Morgan fingerprint density at radius 3 is 2.39 bits per heavy atom. The van der Waals surface area contributed by atoms with Gasteiger partial charge in [0.2, 0.25) is 0 Å². The van der Waals surface area contributed by atoms with E-state index in [4.69, 9.17) is 19.2 Å². The summed E-state index contributed by atoms with van der Waals surface area (Å²) in [5, 5.41) is 1.01. The Labute approximate surface area is 184 Å². The molecule has 1 fully saturated rings. The minimum atomic E-state index is 0.675. The first-order chi connectivity index (χ1) is 15.3. The van der Waals surface area contributed by atoms with Crippen molar-refractivity contribution in [1.82, 2.24) is 9.88 Å². The molecule has 1 aromatic heterocycles. The van der Waals surface area contributed by atoms with Gasteiger partial charge in [-0.05, 0) is 68.8 Å². The molecule has 5 nitrogen and oxygen atoms in total. The van der Waals surface area contributed by atoms with E-state index < -0.39 is 0 Å². The topological polar surface area (TPSA) is 43.8 Å². The summed E-state index contributed by atoms with van der Waals surface area (Å²) in [6, 6.07) is 16.1. The molecule has 3 aromatic rings. The molecule has 164 valence electrons. The van der Waals surface area contributed by atoms with Crippen LogP contribution in [-0.4, -0.2) is 49.8 Å². The Hall–Kier alpha value is -2.79. The van der Waals surface area contributed by atoms with E-state index in [0.29, 0.717) is 6.61 Å².